The highest BCUT2D eigenvalue weighted by atomic mass is 35.5. The number of amides is 1. The fourth-order valence-electron chi connectivity index (χ4n) is 3.67. The van der Waals surface area contributed by atoms with Gasteiger partial charge in [-0.1, -0.05) is 29.8 Å². The molecule has 2 heterocycles. The van der Waals surface area contributed by atoms with Gasteiger partial charge < -0.3 is 23.6 Å². The Morgan fingerprint density at radius 2 is 1.95 bits per heavy atom. The van der Waals surface area contributed by atoms with Crippen LogP contribution >= 0.6 is 18.2 Å². The number of carbonyl (C=O) groups excluding carboxylic acids is 3. The second-order valence-electron chi connectivity index (χ2n) is 9.04. The molecule has 0 radical (unpaired) electrons. The van der Waals surface area contributed by atoms with E-state index in [2.05, 4.69) is 5.09 Å². The van der Waals surface area contributed by atoms with Gasteiger partial charge >= 0.3 is 12.6 Å². The van der Waals surface area contributed by atoms with Crippen molar-refractivity contribution < 1.29 is 51.2 Å². The maximum Gasteiger partial charge on any atom is 0.323 e. The third kappa shape index (κ3) is 7.18. The molecule has 0 aliphatic carbocycles. The number of para-hydroxylation sites is 1. The lowest BCUT2D eigenvalue weighted by atomic mass is 9.97. The summed E-state index contributed by atoms with van der Waals surface area (Å²) in [6.07, 6.45) is -11.1. The van der Waals surface area contributed by atoms with Gasteiger partial charge in [-0.25, -0.2) is 18.3 Å². The van der Waals surface area contributed by atoms with Gasteiger partial charge in [0.1, 0.15) is 22.9 Å². The van der Waals surface area contributed by atoms with Crippen molar-refractivity contribution in [1.29, 1.82) is 0 Å². The van der Waals surface area contributed by atoms with Crippen LogP contribution in [0.3, 0.4) is 0 Å². The van der Waals surface area contributed by atoms with E-state index in [0.29, 0.717) is 4.90 Å². The quantitative estimate of drug-likeness (QED) is 0.218. The normalized spacial score (nSPS) is 27.9. The summed E-state index contributed by atoms with van der Waals surface area (Å²) in [5, 5.41) is 12.8. The van der Waals surface area contributed by atoms with Gasteiger partial charge in [0.05, 0.1) is 19.1 Å². The number of aliphatic hydroxyl groups excluding tert-OH is 1. The van der Waals surface area contributed by atoms with Gasteiger partial charge in [0, 0.05) is 6.20 Å². The predicted molar refractivity (Wildman–Crippen MR) is 136 cm³/mol. The largest absolute Gasteiger partial charge is 0.462 e. The predicted octanol–water partition coefficient (Wildman–Crippen LogP) is 3.18. The molecule has 0 aromatic heterocycles. The molecule has 3 rings (SSSR count). The third-order valence-corrected chi connectivity index (χ3v) is 8.45. The van der Waals surface area contributed by atoms with Crippen molar-refractivity contribution in [1.82, 2.24) is 9.99 Å². The maximum atomic E-state index is 15.2. The van der Waals surface area contributed by atoms with E-state index >= 15 is 4.39 Å². The Hall–Kier alpha value is -2.06. The molecule has 1 unspecified atom stereocenters. The van der Waals surface area contributed by atoms with Crippen molar-refractivity contribution in [3.8, 4) is 5.75 Å². The Morgan fingerprint density at radius 1 is 1.31 bits per heavy atom. The standard InChI is InChI=1S/C23H27ClF3N2O8PS/c1-12(2)35-21(33)13(3)28-38(39,37-14-7-5-4-6-8-14)34-11-23(22(26)27)19(32)18(25)20(36-23)29-10-15(24)16(30)9-17(29)31/h4-8,10,12-13,18-20,22,32H,9,11H2,1-3H3,(H,28,39)/t13-,18-,19-,20+,23+,38?/m0/s1. The van der Waals surface area contributed by atoms with Crippen LogP contribution in [-0.4, -0.2) is 76.9 Å². The molecule has 2 aliphatic rings. The van der Waals surface area contributed by atoms with Crippen LogP contribution in [0.25, 0.3) is 0 Å². The van der Waals surface area contributed by atoms with Crippen LogP contribution in [0.15, 0.2) is 41.6 Å². The lowest BCUT2D eigenvalue weighted by molar-refractivity contribution is -0.199. The van der Waals surface area contributed by atoms with Gasteiger partial charge in [0.25, 0.3) is 6.43 Å². The van der Waals surface area contributed by atoms with Crippen molar-refractivity contribution in [2.24, 2.45) is 0 Å². The number of alkyl halides is 3. The molecule has 1 saturated heterocycles. The second-order valence-corrected chi connectivity index (χ2v) is 12.6. The molecule has 0 bridgehead atoms. The average molecular weight is 615 g/mol. The maximum absolute atomic E-state index is 15.2. The van der Waals surface area contributed by atoms with Crippen LogP contribution in [0.1, 0.15) is 27.2 Å². The fraction of sp³-hybridized carbons (Fsp3) is 0.522. The molecular weight excluding hydrogens is 588 g/mol. The summed E-state index contributed by atoms with van der Waals surface area (Å²) in [6.45, 7) is -0.449. The highest BCUT2D eigenvalue weighted by Gasteiger charge is 2.63. The molecule has 0 spiro atoms. The molecule has 2 aliphatic heterocycles. The number of halogens is 4. The number of esters is 1. The molecule has 1 amide bonds. The Bertz CT molecular complexity index is 1160. The first kappa shape index (κ1) is 31.5. The van der Waals surface area contributed by atoms with Gasteiger partial charge in [-0.05, 0) is 44.7 Å². The number of Topliss-reactive ketones (excluding diaryl/α,β-unsaturated/α-hetero) is 1. The van der Waals surface area contributed by atoms with E-state index in [9.17, 15) is 28.3 Å². The van der Waals surface area contributed by atoms with E-state index in [1.54, 1.807) is 32.0 Å². The number of nitrogens with one attached hydrogen (secondary N) is 1. The number of hydrogen-bond donors (Lipinski definition) is 2. The van der Waals surface area contributed by atoms with E-state index in [1.165, 1.54) is 19.1 Å². The number of allylic oxidation sites excluding steroid dienone is 1. The number of carbonyl (C=O) groups is 3. The Labute approximate surface area is 232 Å². The van der Waals surface area contributed by atoms with Crippen molar-refractivity contribution in [2.75, 3.05) is 6.61 Å². The minimum absolute atomic E-state index is 0.168. The fourth-order valence-corrected chi connectivity index (χ4v) is 6.27. The minimum atomic E-state index is -3.88. The Kier molecular flexibility index (Phi) is 10.2. The van der Waals surface area contributed by atoms with Crippen LogP contribution < -0.4 is 9.61 Å². The molecule has 1 fully saturated rings. The first-order chi connectivity index (χ1) is 18.2. The lowest BCUT2D eigenvalue weighted by Crippen LogP contribution is -2.52. The first-order valence-electron chi connectivity index (χ1n) is 11.7. The average Bonchev–Trinajstić information content (AvgIpc) is 3.11. The van der Waals surface area contributed by atoms with Crippen molar-refractivity contribution in [2.45, 2.75) is 69.9 Å². The minimum Gasteiger partial charge on any atom is -0.462 e. The van der Waals surface area contributed by atoms with Gasteiger partial charge in [-0.3, -0.25) is 19.3 Å². The summed E-state index contributed by atoms with van der Waals surface area (Å²) in [5.74, 6) is -2.27. The molecule has 1 aromatic rings. The molecule has 16 heteroatoms. The highest BCUT2D eigenvalue weighted by Crippen LogP contribution is 2.49. The van der Waals surface area contributed by atoms with E-state index in [0.717, 1.165) is 6.20 Å². The van der Waals surface area contributed by atoms with Gasteiger partial charge in [-0.2, -0.15) is 0 Å². The number of benzene rings is 1. The van der Waals surface area contributed by atoms with Crippen LogP contribution in [0.4, 0.5) is 13.2 Å². The zero-order valence-electron chi connectivity index (χ0n) is 21.0. The molecule has 1 aromatic carbocycles. The van der Waals surface area contributed by atoms with Crippen LogP contribution in [0.2, 0.25) is 0 Å². The molecule has 39 heavy (non-hydrogen) atoms. The van der Waals surface area contributed by atoms with Crippen LogP contribution in [-0.2, 0) is 40.2 Å². The summed E-state index contributed by atoms with van der Waals surface area (Å²) < 4.78 is 65.8. The molecule has 2 N–H and O–H groups in total. The highest BCUT2D eigenvalue weighted by molar-refractivity contribution is 8.09. The monoisotopic (exact) mass is 614 g/mol. The van der Waals surface area contributed by atoms with Gasteiger partial charge in [-0.15, -0.1) is 0 Å². The zero-order chi connectivity index (χ0) is 29.1. The van der Waals surface area contributed by atoms with Crippen LogP contribution in [0.5, 0.6) is 5.75 Å². The molecular formula is C23H27ClF3N2O8PS. The summed E-state index contributed by atoms with van der Waals surface area (Å²) in [7, 11) is 0. The Morgan fingerprint density at radius 3 is 2.54 bits per heavy atom. The molecule has 0 saturated carbocycles. The molecule has 6 atom stereocenters. The Balaban J connectivity index is 1.88. The van der Waals surface area contributed by atoms with E-state index in [1.807, 2.05) is 0 Å². The third-order valence-electron chi connectivity index (χ3n) is 5.66. The summed E-state index contributed by atoms with van der Waals surface area (Å²) in [5.41, 5.74) is -3.01. The van der Waals surface area contributed by atoms with E-state index in [4.69, 9.17) is 41.9 Å². The number of aliphatic hydroxyl groups is 1. The number of ketones is 1. The summed E-state index contributed by atoms with van der Waals surface area (Å²) in [6, 6.07) is 6.77. The van der Waals surface area contributed by atoms with Crippen molar-refractivity contribution in [3.63, 3.8) is 0 Å². The lowest BCUT2D eigenvalue weighted by Gasteiger charge is -2.35. The topological polar surface area (TPSA) is 124 Å². The van der Waals surface area contributed by atoms with E-state index in [-0.39, 0.29) is 5.75 Å². The summed E-state index contributed by atoms with van der Waals surface area (Å²) >= 11 is 11.2. The second kappa shape index (κ2) is 12.6. The number of nitrogens with zero attached hydrogens (tertiary/aromatic N) is 1. The van der Waals surface area contributed by atoms with E-state index < -0.39 is 85.0 Å². The molecule has 10 nitrogen and oxygen atoms in total. The van der Waals surface area contributed by atoms with Gasteiger partial charge in [0.15, 0.2) is 23.8 Å². The smallest absolute Gasteiger partial charge is 0.323 e. The number of hydrogen-bond acceptors (Lipinski definition) is 9. The molecule has 216 valence electrons. The van der Waals surface area contributed by atoms with Gasteiger partial charge in [0.2, 0.25) is 5.91 Å². The SMILES string of the molecule is CC(C)OC(=O)[C@H](C)NP(=S)(OC[C@@]1(C(F)F)O[C@@H](N2C=C(Cl)C(=O)CC2=O)[C@@H](F)[C@@H]1O)Oc1ccccc1. The zero-order valence-corrected chi connectivity index (χ0v) is 23.4. The summed E-state index contributed by atoms with van der Waals surface area (Å²) in [4.78, 5) is 36.9. The van der Waals surface area contributed by atoms with Crippen LogP contribution in [0, 0.1) is 0 Å². The van der Waals surface area contributed by atoms with Crippen molar-refractivity contribution in [3.05, 3.63) is 41.6 Å². The van der Waals surface area contributed by atoms with Crippen molar-refractivity contribution >= 4 is 47.7 Å². The number of ether oxygens (including phenoxy) is 2. The first-order valence-corrected chi connectivity index (χ1v) is 14.7. The number of rotatable bonds is 11.